The molecule has 0 saturated carbocycles. The number of nitro groups is 1. The third-order valence-corrected chi connectivity index (χ3v) is 4.02. The Balaban J connectivity index is 1.54. The smallest absolute Gasteiger partial charge is 0.269 e. The molecule has 1 saturated heterocycles. The Morgan fingerprint density at radius 1 is 1.16 bits per heavy atom. The van der Waals surface area contributed by atoms with Crippen LogP contribution in [0, 0.1) is 10.1 Å². The predicted molar refractivity (Wildman–Crippen MR) is 89.5 cm³/mol. The minimum atomic E-state index is -0.603. The summed E-state index contributed by atoms with van der Waals surface area (Å²) >= 11 is 0. The average Bonchev–Trinajstić information content (AvgIpc) is 2.63. The van der Waals surface area contributed by atoms with Gasteiger partial charge in [-0.1, -0.05) is 0 Å². The third kappa shape index (κ3) is 4.00. The van der Waals surface area contributed by atoms with Crippen LogP contribution in [0.2, 0.25) is 0 Å². The Morgan fingerprint density at radius 2 is 1.84 bits per heavy atom. The van der Waals surface area contributed by atoms with Gasteiger partial charge in [-0.05, 0) is 24.3 Å². The van der Waals surface area contributed by atoms with Crippen molar-refractivity contribution in [3.05, 3.63) is 52.2 Å². The molecule has 0 spiro atoms. The van der Waals surface area contributed by atoms with Gasteiger partial charge in [0.2, 0.25) is 0 Å². The molecule has 1 fully saturated rings. The zero-order chi connectivity index (χ0) is 17.8. The van der Waals surface area contributed by atoms with Crippen molar-refractivity contribution in [3.63, 3.8) is 0 Å². The van der Waals surface area contributed by atoms with Crippen molar-refractivity contribution in [2.45, 2.75) is 18.9 Å². The van der Waals surface area contributed by atoms with Gasteiger partial charge in [-0.25, -0.2) is 0 Å². The maximum Gasteiger partial charge on any atom is 0.269 e. The SMILES string of the molecule is NC(=O)c1ccc(N2CCC(Oc3ccc([N+](=O)[O-])cc3)CC2)nn1. The molecule has 9 heteroatoms. The van der Waals surface area contributed by atoms with E-state index in [4.69, 9.17) is 10.5 Å². The molecule has 25 heavy (non-hydrogen) atoms. The summed E-state index contributed by atoms with van der Waals surface area (Å²) in [6.45, 7) is 1.48. The molecular weight excluding hydrogens is 326 g/mol. The standard InChI is InChI=1S/C16H17N5O4/c17-16(22)14-5-6-15(19-18-14)20-9-7-13(8-10-20)25-12-3-1-11(2-4-12)21(23)24/h1-6,13H,7-10H2,(H2,17,22). The minimum Gasteiger partial charge on any atom is -0.490 e. The number of carbonyl (C=O) groups excluding carboxylic acids is 1. The molecular formula is C16H17N5O4. The first-order valence-electron chi connectivity index (χ1n) is 7.82. The zero-order valence-electron chi connectivity index (χ0n) is 13.4. The molecule has 1 aromatic heterocycles. The number of nitro benzene ring substituents is 1. The fourth-order valence-corrected chi connectivity index (χ4v) is 2.67. The number of carbonyl (C=O) groups is 1. The number of nitrogens with two attached hydrogens (primary N) is 1. The van der Waals surface area contributed by atoms with Gasteiger partial charge in [-0.2, -0.15) is 0 Å². The summed E-state index contributed by atoms with van der Waals surface area (Å²) in [5.41, 5.74) is 5.33. The van der Waals surface area contributed by atoms with Crippen LogP contribution >= 0.6 is 0 Å². The van der Waals surface area contributed by atoms with E-state index in [9.17, 15) is 14.9 Å². The third-order valence-electron chi connectivity index (χ3n) is 4.02. The van der Waals surface area contributed by atoms with Crippen molar-refractivity contribution in [2.24, 2.45) is 5.73 Å². The highest BCUT2D eigenvalue weighted by atomic mass is 16.6. The Bertz CT molecular complexity index is 755. The van der Waals surface area contributed by atoms with Gasteiger partial charge in [0.15, 0.2) is 11.5 Å². The molecule has 0 atom stereocenters. The van der Waals surface area contributed by atoms with Gasteiger partial charge in [0.1, 0.15) is 11.9 Å². The van der Waals surface area contributed by atoms with E-state index in [2.05, 4.69) is 15.1 Å². The maximum atomic E-state index is 11.0. The largest absolute Gasteiger partial charge is 0.490 e. The monoisotopic (exact) mass is 343 g/mol. The predicted octanol–water partition coefficient (Wildman–Crippen LogP) is 1.53. The van der Waals surface area contributed by atoms with E-state index in [1.807, 2.05) is 0 Å². The summed E-state index contributed by atoms with van der Waals surface area (Å²) < 4.78 is 5.88. The second-order valence-corrected chi connectivity index (χ2v) is 5.70. The number of hydrogen-bond donors (Lipinski definition) is 1. The first-order chi connectivity index (χ1) is 12.0. The Labute approximate surface area is 143 Å². The van der Waals surface area contributed by atoms with Crippen molar-refractivity contribution in [1.82, 2.24) is 10.2 Å². The zero-order valence-corrected chi connectivity index (χ0v) is 13.4. The summed E-state index contributed by atoms with van der Waals surface area (Å²) in [6, 6.07) is 9.37. The highest BCUT2D eigenvalue weighted by Crippen LogP contribution is 2.23. The van der Waals surface area contributed by atoms with Crippen LogP contribution in [0.25, 0.3) is 0 Å². The molecule has 1 amide bonds. The van der Waals surface area contributed by atoms with E-state index in [1.54, 1.807) is 24.3 Å². The van der Waals surface area contributed by atoms with Crippen LogP contribution in [0.4, 0.5) is 11.5 Å². The average molecular weight is 343 g/mol. The summed E-state index contributed by atoms with van der Waals surface area (Å²) in [5.74, 6) is 0.711. The first kappa shape index (κ1) is 16.6. The Morgan fingerprint density at radius 3 is 2.36 bits per heavy atom. The van der Waals surface area contributed by atoms with E-state index in [0.717, 1.165) is 25.9 Å². The summed E-state index contributed by atoms with van der Waals surface area (Å²) in [4.78, 5) is 23.3. The number of nitrogens with zero attached hydrogens (tertiary/aromatic N) is 4. The number of piperidine rings is 1. The first-order valence-corrected chi connectivity index (χ1v) is 7.82. The van der Waals surface area contributed by atoms with Crippen LogP contribution in [0.5, 0.6) is 5.75 Å². The number of non-ortho nitro benzene ring substituents is 1. The molecule has 0 bridgehead atoms. The summed E-state index contributed by atoms with van der Waals surface area (Å²) in [5, 5.41) is 18.5. The molecule has 3 rings (SSSR count). The van der Waals surface area contributed by atoms with Crippen molar-refractivity contribution in [1.29, 1.82) is 0 Å². The van der Waals surface area contributed by atoms with Crippen molar-refractivity contribution in [3.8, 4) is 5.75 Å². The van der Waals surface area contributed by atoms with Crippen LogP contribution in [-0.2, 0) is 0 Å². The maximum absolute atomic E-state index is 11.0. The highest BCUT2D eigenvalue weighted by Gasteiger charge is 2.22. The van der Waals surface area contributed by atoms with Crippen LogP contribution in [0.3, 0.4) is 0 Å². The lowest BCUT2D eigenvalue weighted by Gasteiger charge is -2.32. The van der Waals surface area contributed by atoms with Crippen LogP contribution in [0.15, 0.2) is 36.4 Å². The Kier molecular flexibility index (Phi) is 4.73. The molecule has 0 aliphatic carbocycles. The van der Waals surface area contributed by atoms with Gasteiger partial charge in [0.25, 0.3) is 11.6 Å². The van der Waals surface area contributed by atoms with Crippen LogP contribution < -0.4 is 15.4 Å². The van der Waals surface area contributed by atoms with E-state index in [0.29, 0.717) is 11.6 Å². The fraction of sp³-hybridized carbons (Fsp3) is 0.312. The lowest BCUT2D eigenvalue weighted by molar-refractivity contribution is -0.384. The number of benzene rings is 1. The summed E-state index contributed by atoms with van der Waals surface area (Å²) in [6.07, 6.45) is 1.61. The van der Waals surface area contributed by atoms with Gasteiger partial charge in [0.05, 0.1) is 4.92 Å². The molecule has 2 N–H and O–H groups in total. The van der Waals surface area contributed by atoms with Gasteiger partial charge >= 0.3 is 0 Å². The second-order valence-electron chi connectivity index (χ2n) is 5.70. The molecule has 0 radical (unpaired) electrons. The van der Waals surface area contributed by atoms with Gasteiger partial charge < -0.3 is 15.4 Å². The van der Waals surface area contributed by atoms with Crippen LogP contribution in [0.1, 0.15) is 23.3 Å². The quantitative estimate of drug-likeness (QED) is 0.644. The normalized spacial score (nSPS) is 15.0. The van der Waals surface area contributed by atoms with Gasteiger partial charge in [-0.15, -0.1) is 10.2 Å². The van der Waals surface area contributed by atoms with Crippen molar-refractivity contribution >= 4 is 17.4 Å². The van der Waals surface area contributed by atoms with Crippen LogP contribution in [-0.4, -0.2) is 40.2 Å². The lowest BCUT2D eigenvalue weighted by atomic mass is 10.1. The number of anilines is 1. The number of hydrogen-bond acceptors (Lipinski definition) is 7. The molecule has 1 aromatic carbocycles. The molecule has 2 heterocycles. The van der Waals surface area contributed by atoms with Crippen molar-refractivity contribution < 1.29 is 14.5 Å². The van der Waals surface area contributed by atoms with E-state index < -0.39 is 10.8 Å². The lowest BCUT2D eigenvalue weighted by Crippen LogP contribution is -2.38. The molecule has 1 aliphatic heterocycles. The number of ether oxygens (including phenoxy) is 1. The van der Waals surface area contributed by atoms with Gasteiger partial charge in [0, 0.05) is 38.1 Å². The topological polar surface area (TPSA) is 124 Å². The molecule has 9 nitrogen and oxygen atoms in total. The number of rotatable bonds is 5. The Hall–Kier alpha value is -3.23. The molecule has 130 valence electrons. The van der Waals surface area contributed by atoms with Gasteiger partial charge in [-0.3, -0.25) is 14.9 Å². The number of aromatic nitrogens is 2. The highest BCUT2D eigenvalue weighted by molar-refractivity contribution is 5.90. The van der Waals surface area contributed by atoms with E-state index in [-0.39, 0.29) is 17.5 Å². The van der Waals surface area contributed by atoms with E-state index in [1.165, 1.54) is 12.1 Å². The molecule has 1 aliphatic rings. The summed E-state index contributed by atoms with van der Waals surface area (Å²) in [7, 11) is 0. The number of amides is 1. The number of primary amides is 1. The second kappa shape index (κ2) is 7.12. The minimum absolute atomic E-state index is 0.0376. The molecule has 0 unspecified atom stereocenters. The van der Waals surface area contributed by atoms with Crippen molar-refractivity contribution in [2.75, 3.05) is 18.0 Å². The van der Waals surface area contributed by atoms with E-state index >= 15 is 0 Å². The fourth-order valence-electron chi connectivity index (χ4n) is 2.67. The molecule has 2 aromatic rings.